The Bertz CT molecular complexity index is 394. The van der Waals surface area contributed by atoms with Crippen LogP contribution in [0.25, 0.3) is 0 Å². The van der Waals surface area contributed by atoms with Crippen molar-refractivity contribution in [3.63, 3.8) is 0 Å². The fraction of sp³-hybridized carbons (Fsp3) is 0.571. The maximum absolute atomic E-state index is 5.77. The van der Waals surface area contributed by atoms with Crippen LogP contribution in [0, 0.1) is 12.8 Å². The first-order valence-corrected chi connectivity index (χ1v) is 6.18. The molecule has 0 saturated carbocycles. The third kappa shape index (κ3) is 2.94. The molecule has 4 nitrogen and oxygen atoms in total. The highest BCUT2D eigenvalue weighted by molar-refractivity contribution is 5.47. The molecule has 0 amide bonds. The highest BCUT2D eigenvalue weighted by Gasteiger charge is 2.21. The van der Waals surface area contributed by atoms with Crippen molar-refractivity contribution in [3.8, 4) is 11.5 Å². The average Bonchev–Trinajstić information content (AvgIpc) is 2.40. The van der Waals surface area contributed by atoms with Crippen LogP contribution in [0.5, 0.6) is 11.5 Å². The van der Waals surface area contributed by atoms with Gasteiger partial charge in [0.25, 0.3) is 0 Å². The molecule has 0 aliphatic heterocycles. The first kappa shape index (κ1) is 14.8. The average molecular weight is 252 g/mol. The number of nitrogens with two attached hydrogens (primary N) is 1. The molecule has 2 unspecified atom stereocenters. The summed E-state index contributed by atoms with van der Waals surface area (Å²) in [4.78, 5) is 0. The van der Waals surface area contributed by atoms with Crippen LogP contribution in [0.3, 0.4) is 0 Å². The van der Waals surface area contributed by atoms with Crippen LogP contribution < -0.4 is 20.5 Å². The predicted molar refractivity (Wildman–Crippen MR) is 74.3 cm³/mol. The van der Waals surface area contributed by atoms with Gasteiger partial charge in [0, 0.05) is 11.6 Å². The first-order valence-electron chi connectivity index (χ1n) is 6.18. The molecule has 1 rings (SSSR count). The van der Waals surface area contributed by atoms with Crippen molar-refractivity contribution in [2.75, 3.05) is 27.8 Å². The monoisotopic (exact) mass is 252 g/mol. The maximum atomic E-state index is 5.77. The van der Waals surface area contributed by atoms with Gasteiger partial charge in [-0.2, -0.15) is 0 Å². The molecular formula is C14H24N2O2. The van der Waals surface area contributed by atoms with Gasteiger partial charge in [-0.25, -0.2) is 0 Å². The molecule has 3 N–H and O–H groups in total. The zero-order valence-corrected chi connectivity index (χ0v) is 11.9. The van der Waals surface area contributed by atoms with Crippen molar-refractivity contribution in [1.29, 1.82) is 0 Å². The second-order valence-corrected chi connectivity index (χ2v) is 4.54. The lowest BCUT2D eigenvalue weighted by Crippen LogP contribution is -2.29. The van der Waals surface area contributed by atoms with Crippen molar-refractivity contribution in [2.24, 2.45) is 11.7 Å². The Morgan fingerprint density at radius 2 is 1.83 bits per heavy atom. The topological polar surface area (TPSA) is 56.5 Å². The number of aryl methyl sites for hydroxylation is 1. The number of benzene rings is 1. The lowest BCUT2D eigenvalue weighted by atomic mass is 9.93. The van der Waals surface area contributed by atoms with Crippen molar-refractivity contribution < 1.29 is 9.47 Å². The van der Waals surface area contributed by atoms with E-state index in [-0.39, 0.29) is 6.04 Å². The smallest absolute Gasteiger partial charge is 0.124 e. The SMILES string of the molecule is CNC(c1cc(OC)c(C)cc1OC)C(C)CN. The highest BCUT2D eigenvalue weighted by Crippen LogP contribution is 2.35. The summed E-state index contributed by atoms with van der Waals surface area (Å²) in [6.45, 7) is 4.74. The minimum absolute atomic E-state index is 0.152. The Morgan fingerprint density at radius 1 is 1.22 bits per heavy atom. The van der Waals surface area contributed by atoms with Crippen molar-refractivity contribution >= 4 is 0 Å². The van der Waals surface area contributed by atoms with Gasteiger partial charge in [0.15, 0.2) is 0 Å². The number of nitrogens with one attached hydrogen (secondary N) is 1. The summed E-state index contributed by atoms with van der Waals surface area (Å²) in [5.74, 6) is 2.06. The lowest BCUT2D eigenvalue weighted by molar-refractivity contribution is 0.366. The summed E-state index contributed by atoms with van der Waals surface area (Å²) in [6, 6.07) is 4.18. The van der Waals surface area contributed by atoms with E-state index in [2.05, 4.69) is 12.2 Å². The molecule has 0 bridgehead atoms. The van der Waals surface area contributed by atoms with Crippen LogP contribution in [0.4, 0.5) is 0 Å². The number of hydrogen-bond acceptors (Lipinski definition) is 4. The van der Waals surface area contributed by atoms with Gasteiger partial charge in [0.05, 0.1) is 14.2 Å². The van der Waals surface area contributed by atoms with E-state index in [0.29, 0.717) is 12.5 Å². The number of hydrogen-bond donors (Lipinski definition) is 2. The molecule has 0 aromatic heterocycles. The number of rotatable bonds is 6. The molecule has 0 aliphatic rings. The molecule has 0 fully saturated rings. The van der Waals surface area contributed by atoms with Crippen LogP contribution in [0.1, 0.15) is 24.1 Å². The Kier molecular flexibility index (Phi) is 5.44. The summed E-state index contributed by atoms with van der Waals surface area (Å²) in [5.41, 5.74) is 7.91. The van der Waals surface area contributed by atoms with Gasteiger partial charge in [-0.05, 0) is 44.1 Å². The minimum atomic E-state index is 0.152. The normalized spacial score (nSPS) is 14.1. The largest absolute Gasteiger partial charge is 0.496 e. The van der Waals surface area contributed by atoms with Crippen LogP contribution in [0.2, 0.25) is 0 Å². The summed E-state index contributed by atoms with van der Waals surface area (Å²) in [7, 11) is 5.30. The molecule has 0 spiro atoms. The van der Waals surface area contributed by atoms with Gasteiger partial charge in [-0.1, -0.05) is 6.92 Å². The van der Waals surface area contributed by atoms with E-state index in [9.17, 15) is 0 Å². The van der Waals surface area contributed by atoms with Crippen LogP contribution in [-0.4, -0.2) is 27.8 Å². The third-order valence-electron chi connectivity index (χ3n) is 3.33. The van der Waals surface area contributed by atoms with Gasteiger partial charge in [-0.15, -0.1) is 0 Å². The molecule has 0 heterocycles. The Labute approximate surface area is 109 Å². The van der Waals surface area contributed by atoms with Crippen molar-refractivity contribution in [3.05, 3.63) is 23.3 Å². The van der Waals surface area contributed by atoms with E-state index in [0.717, 1.165) is 22.6 Å². The van der Waals surface area contributed by atoms with E-state index in [4.69, 9.17) is 15.2 Å². The zero-order chi connectivity index (χ0) is 13.7. The molecule has 4 heteroatoms. The Balaban J connectivity index is 3.26. The van der Waals surface area contributed by atoms with Gasteiger partial charge in [-0.3, -0.25) is 0 Å². The van der Waals surface area contributed by atoms with Crippen LogP contribution in [-0.2, 0) is 0 Å². The summed E-state index contributed by atoms with van der Waals surface area (Å²) in [5, 5.41) is 3.30. The second kappa shape index (κ2) is 6.61. The molecular weight excluding hydrogens is 228 g/mol. The van der Waals surface area contributed by atoms with Gasteiger partial charge in [0.1, 0.15) is 11.5 Å². The van der Waals surface area contributed by atoms with E-state index in [1.165, 1.54) is 0 Å². The summed E-state index contributed by atoms with van der Waals surface area (Å²) >= 11 is 0. The van der Waals surface area contributed by atoms with Crippen LogP contribution in [0.15, 0.2) is 12.1 Å². The van der Waals surface area contributed by atoms with E-state index in [1.54, 1.807) is 14.2 Å². The molecule has 18 heavy (non-hydrogen) atoms. The minimum Gasteiger partial charge on any atom is -0.496 e. The quantitative estimate of drug-likeness (QED) is 0.811. The fourth-order valence-electron chi connectivity index (χ4n) is 2.20. The predicted octanol–water partition coefficient (Wildman–Crippen LogP) is 1.87. The van der Waals surface area contributed by atoms with Gasteiger partial charge >= 0.3 is 0 Å². The standard InChI is InChI=1S/C14H24N2O2/c1-9-6-13(18-5)11(7-12(9)17-4)14(16-3)10(2)8-15/h6-7,10,14,16H,8,15H2,1-5H3. The number of ether oxygens (including phenoxy) is 2. The lowest BCUT2D eigenvalue weighted by Gasteiger charge is -2.25. The van der Waals surface area contributed by atoms with Gasteiger partial charge in [0.2, 0.25) is 0 Å². The molecule has 1 aromatic rings. The van der Waals surface area contributed by atoms with E-state index >= 15 is 0 Å². The van der Waals surface area contributed by atoms with Crippen LogP contribution >= 0.6 is 0 Å². The second-order valence-electron chi connectivity index (χ2n) is 4.54. The van der Waals surface area contributed by atoms with Gasteiger partial charge < -0.3 is 20.5 Å². The molecule has 1 aromatic carbocycles. The van der Waals surface area contributed by atoms with Crippen molar-refractivity contribution in [1.82, 2.24) is 5.32 Å². The van der Waals surface area contributed by atoms with E-state index < -0.39 is 0 Å². The molecule has 0 aliphatic carbocycles. The fourth-order valence-corrected chi connectivity index (χ4v) is 2.20. The summed E-state index contributed by atoms with van der Waals surface area (Å²) in [6.07, 6.45) is 0. The third-order valence-corrected chi connectivity index (χ3v) is 3.33. The molecule has 0 radical (unpaired) electrons. The highest BCUT2D eigenvalue weighted by atomic mass is 16.5. The Morgan fingerprint density at radius 3 is 2.28 bits per heavy atom. The number of methoxy groups -OCH3 is 2. The maximum Gasteiger partial charge on any atom is 0.124 e. The molecule has 2 atom stereocenters. The summed E-state index contributed by atoms with van der Waals surface area (Å²) < 4.78 is 10.8. The zero-order valence-electron chi connectivity index (χ0n) is 11.9. The molecule has 0 saturated heterocycles. The Hall–Kier alpha value is -1.26. The first-order chi connectivity index (χ1) is 8.58. The van der Waals surface area contributed by atoms with E-state index in [1.807, 2.05) is 26.1 Å². The van der Waals surface area contributed by atoms with Crippen molar-refractivity contribution in [2.45, 2.75) is 19.9 Å². The molecule has 102 valence electrons.